The molecule has 1 aliphatic heterocycles. The molecule has 9 heteroatoms. The molecule has 4 rings (SSSR count). The van der Waals surface area contributed by atoms with Gasteiger partial charge in [-0.3, -0.25) is 19.2 Å². The van der Waals surface area contributed by atoms with Gasteiger partial charge in [-0.05, 0) is 49.0 Å². The highest BCUT2D eigenvalue weighted by Gasteiger charge is 2.19. The van der Waals surface area contributed by atoms with Crippen molar-refractivity contribution < 1.29 is 29.0 Å². The first kappa shape index (κ1) is 33.8. The second-order valence-corrected chi connectivity index (χ2v) is 8.71. The summed E-state index contributed by atoms with van der Waals surface area (Å²) in [4.78, 5) is 40.6. The Morgan fingerprint density at radius 3 is 1.75 bits per heavy atom. The first-order chi connectivity index (χ1) is 19.3. The van der Waals surface area contributed by atoms with Gasteiger partial charge in [-0.15, -0.1) is 0 Å². The Kier molecular flexibility index (Phi) is 17.6. The zero-order chi connectivity index (χ0) is 29.6. The third-order valence-corrected chi connectivity index (χ3v) is 5.48. The number of unbranched alkanes of at least 4 members (excludes halogenated alkanes) is 1. The number of cyclic esters (lactones) is 2. The fourth-order valence-corrected chi connectivity index (χ4v) is 3.26. The van der Waals surface area contributed by atoms with E-state index in [2.05, 4.69) is 29.0 Å². The quantitative estimate of drug-likeness (QED) is 0.134. The molecule has 9 nitrogen and oxygen atoms in total. The Balaban J connectivity index is 0.000000276. The van der Waals surface area contributed by atoms with E-state index in [-0.39, 0.29) is 12.8 Å². The number of carboxylic acid groups (broad SMARTS) is 1. The molecule has 0 aromatic heterocycles. The number of esters is 2. The van der Waals surface area contributed by atoms with Crippen LogP contribution in [0.4, 0.5) is 0 Å². The van der Waals surface area contributed by atoms with Gasteiger partial charge in [0.25, 0.3) is 0 Å². The molecular formula is C31H39N3O6. The predicted molar refractivity (Wildman–Crippen MR) is 155 cm³/mol. The van der Waals surface area contributed by atoms with Gasteiger partial charge in [0.2, 0.25) is 0 Å². The predicted octanol–water partition coefficient (Wildman–Crippen LogP) is 3.73. The highest BCUT2D eigenvalue weighted by molar-refractivity contribution is 5.92. The summed E-state index contributed by atoms with van der Waals surface area (Å²) in [5.74, 6) is -1.73. The summed E-state index contributed by atoms with van der Waals surface area (Å²) >= 11 is 0. The average Bonchev–Trinajstić information content (AvgIpc) is 3.37. The third kappa shape index (κ3) is 15.3. The summed E-state index contributed by atoms with van der Waals surface area (Å²) in [6.07, 6.45) is 4.53. The van der Waals surface area contributed by atoms with Crippen molar-refractivity contribution in [2.24, 2.45) is 17.2 Å². The SMILES string of the molecule is NCCCC[C@H](N)C(=O)O.NCCc1ccccc1.O=C1CCC(=O)O1.O=Cc1ccc(-c2ccccc2)cc1. The number of aldehydes is 1. The van der Waals surface area contributed by atoms with Crippen molar-refractivity contribution in [2.75, 3.05) is 13.1 Å². The molecule has 40 heavy (non-hydrogen) atoms. The van der Waals surface area contributed by atoms with Crippen LogP contribution in [0.2, 0.25) is 0 Å². The molecule has 1 heterocycles. The number of carbonyl (C=O) groups excluding carboxylic acids is 3. The monoisotopic (exact) mass is 549 g/mol. The van der Waals surface area contributed by atoms with Gasteiger partial charge in [0, 0.05) is 5.56 Å². The first-order valence-electron chi connectivity index (χ1n) is 13.1. The summed E-state index contributed by atoms with van der Waals surface area (Å²) in [7, 11) is 0. The molecular weight excluding hydrogens is 510 g/mol. The van der Waals surface area contributed by atoms with E-state index in [9.17, 15) is 19.2 Å². The van der Waals surface area contributed by atoms with Crippen molar-refractivity contribution in [1.29, 1.82) is 0 Å². The Hall–Kier alpha value is -4.18. The second-order valence-electron chi connectivity index (χ2n) is 8.71. The normalized spacial score (nSPS) is 12.3. The topological polar surface area (TPSA) is 176 Å². The van der Waals surface area contributed by atoms with Crippen molar-refractivity contribution in [1.82, 2.24) is 0 Å². The van der Waals surface area contributed by atoms with Crippen LogP contribution in [-0.2, 0) is 25.5 Å². The summed E-state index contributed by atoms with van der Waals surface area (Å²) in [5.41, 5.74) is 20.1. The number of hydrogen-bond donors (Lipinski definition) is 4. The van der Waals surface area contributed by atoms with Crippen LogP contribution in [0.5, 0.6) is 0 Å². The Labute approximate surface area is 235 Å². The molecule has 0 unspecified atom stereocenters. The molecule has 1 fully saturated rings. The fourth-order valence-electron chi connectivity index (χ4n) is 3.26. The molecule has 7 N–H and O–H groups in total. The standard InChI is InChI=1S/C13H10O.C8H11N.C6H14N2O2.C4H4O3/c14-10-11-6-8-13(9-7-11)12-4-2-1-3-5-12;9-7-6-8-4-2-1-3-5-8;7-4-2-1-3-5(8)6(9)10;5-3-1-2-4(6)7-3/h1-10H;1-5H,6-7,9H2;5H,1-4,7-8H2,(H,9,10);1-2H2/t;;5-;/m..0./s1. The van der Waals surface area contributed by atoms with Crippen LogP contribution in [0, 0.1) is 0 Å². The maximum atomic E-state index is 10.5. The van der Waals surface area contributed by atoms with Crippen LogP contribution in [0.3, 0.4) is 0 Å². The van der Waals surface area contributed by atoms with Crippen molar-refractivity contribution in [3.05, 3.63) is 96.1 Å². The molecule has 1 saturated heterocycles. The van der Waals surface area contributed by atoms with Crippen LogP contribution < -0.4 is 17.2 Å². The van der Waals surface area contributed by atoms with Gasteiger partial charge in [-0.25, -0.2) is 0 Å². The number of rotatable bonds is 9. The zero-order valence-corrected chi connectivity index (χ0v) is 22.6. The van der Waals surface area contributed by atoms with E-state index in [1.54, 1.807) is 0 Å². The van der Waals surface area contributed by atoms with E-state index in [0.29, 0.717) is 18.5 Å². The number of aliphatic carboxylic acids is 1. The molecule has 0 bridgehead atoms. The summed E-state index contributed by atoms with van der Waals surface area (Å²) < 4.78 is 4.08. The van der Waals surface area contributed by atoms with Gasteiger partial charge in [0.15, 0.2) is 0 Å². The summed E-state index contributed by atoms with van der Waals surface area (Å²) in [6.45, 7) is 1.34. The van der Waals surface area contributed by atoms with E-state index < -0.39 is 23.9 Å². The minimum Gasteiger partial charge on any atom is -0.480 e. The molecule has 0 aliphatic carbocycles. The minimum atomic E-state index is -0.933. The van der Waals surface area contributed by atoms with Gasteiger partial charge in [0.1, 0.15) is 12.3 Å². The third-order valence-electron chi connectivity index (χ3n) is 5.48. The molecule has 0 radical (unpaired) electrons. The van der Waals surface area contributed by atoms with Crippen molar-refractivity contribution in [3.63, 3.8) is 0 Å². The number of hydrogen-bond acceptors (Lipinski definition) is 8. The first-order valence-corrected chi connectivity index (χ1v) is 13.1. The second kappa shape index (κ2) is 20.7. The van der Waals surface area contributed by atoms with Crippen LogP contribution in [0.1, 0.15) is 48.0 Å². The van der Waals surface area contributed by atoms with Crippen molar-refractivity contribution in [3.8, 4) is 11.1 Å². The molecule has 3 aromatic rings. The lowest BCUT2D eigenvalue weighted by molar-refractivity contribution is -0.152. The molecule has 1 atom stereocenters. The molecule has 3 aromatic carbocycles. The number of carbonyl (C=O) groups is 4. The maximum Gasteiger partial charge on any atom is 0.320 e. The lowest BCUT2D eigenvalue weighted by atomic mass is 10.0. The smallest absolute Gasteiger partial charge is 0.320 e. The minimum absolute atomic E-state index is 0.263. The van der Waals surface area contributed by atoms with Crippen molar-refractivity contribution in [2.45, 2.75) is 44.6 Å². The van der Waals surface area contributed by atoms with Gasteiger partial charge >= 0.3 is 17.9 Å². The van der Waals surface area contributed by atoms with Gasteiger partial charge in [-0.1, -0.05) is 91.3 Å². The molecule has 0 saturated carbocycles. The number of nitrogens with two attached hydrogens (primary N) is 3. The fraction of sp³-hybridized carbons (Fsp3) is 0.290. The van der Waals surface area contributed by atoms with Gasteiger partial charge in [-0.2, -0.15) is 0 Å². The molecule has 0 spiro atoms. The summed E-state index contributed by atoms with van der Waals surface area (Å²) in [5, 5.41) is 8.33. The highest BCUT2D eigenvalue weighted by atomic mass is 16.6. The van der Waals surface area contributed by atoms with E-state index in [4.69, 9.17) is 22.3 Å². The number of ether oxygens (including phenoxy) is 1. The summed E-state index contributed by atoms with van der Waals surface area (Å²) in [6, 6.07) is 27.2. The molecule has 0 amide bonds. The van der Waals surface area contributed by atoms with Crippen molar-refractivity contribution >= 4 is 24.2 Å². The number of benzene rings is 3. The van der Waals surface area contributed by atoms with E-state index >= 15 is 0 Å². The Bertz CT molecular complexity index is 1120. The van der Waals surface area contributed by atoms with Gasteiger partial charge in [0.05, 0.1) is 12.8 Å². The van der Waals surface area contributed by atoms with E-state index in [0.717, 1.165) is 37.7 Å². The largest absolute Gasteiger partial charge is 0.480 e. The lowest BCUT2D eigenvalue weighted by Gasteiger charge is -2.03. The van der Waals surface area contributed by atoms with E-state index in [1.165, 1.54) is 11.1 Å². The Morgan fingerprint density at radius 1 is 0.800 bits per heavy atom. The van der Waals surface area contributed by atoms with E-state index in [1.807, 2.05) is 60.7 Å². The molecule has 1 aliphatic rings. The van der Waals surface area contributed by atoms with Gasteiger partial charge < -0.3 is 27.0 Å². The lowest BCUT2D eigenvalue weighted by Crippen LogP contribution is -2.29. The number of carboxylic acids is 1. The van der Waals surface area contributed by atoms with Crippen LogP contribution >= 0.6 is 0 Å². The molecule has 214 valence electrons. The van der Waals surface area contributed by atoms with Crippen LogP contribution in [-0.4, -0.2) is 48.4 Å². The Morgan fingerprint density at radius 2 is 1.32 bits per heavy atom. The average molecular weight is 550 g/mol. The van der Waals surface area contributed by atoms with Crippen LogP contribution in [0.25, 0.3) is 11.1 Å². The highest BCUT2D eigenvalue weighted by Crippen LogP contribution is 2.18. The zero-order valence-electron chi connectivity index (χ0n) is 22.6. The van der Waals surface area contributed by atoms with Crippen LogP contribution in [0.15, 0.2) is 84.9 Å². The maximum absolute atomic E-state index is 10.5.